The van der Waals surface area contributed by atoms with E-state index in [9.17, 15) is 4.79 Å². The number of benzene rings is 1. The largest absolute Gasteiger partial charge is 0.464 e. The minimum absolute atomic E-state index is 0.380. The van der Waals surface area contributed by atoms with Crippen LogP contribution in [0.2, 0.25) is 0 Å². The molecule has 0 unspecified atom stereocenters. The number of aromatic nitrogens is 1. The van der Waals surface area contributed by atoms with Crippen molar-refractivity contribution in [3.05, 3.63) is 46.0 Å². The van der Waals surface area contributed by atoms with Gasteiger partial charge in [-0.05, 0) is 25.0 Å². The van der Waals surface area contributed by atoms with E-state index in [2.05, 4.69) is 24.0 Å². The molecule has 0 atom stereocenters. The monoisotopic (exact) mass is 290 g/mol. The second kappa shape index (κ2) is 6.05. The van der Waals surface area contributed by atoms with E-state index >= 15 is 0 Å². The summed E-state index contributed by atoms with van der Waals surface area (Å²) in [5.41, 5.74) is 2.91. The van der Waals surface area contributed by atoms with Gasteiger partial charge in [0.05, 0.1) is 7.11 Å². The van der Waals surface area contributed by atoms with Crippen LogP contribution in [0.1, 0.15) is 26.5 Å². The van der Waals surface area contributed by atoms with E-state index in [1.165, 1.54) is 29.6 Å². The molecule has 4 nitrogen and oxygen atoms in total. The van der Waals surface area contributed by atoms with Crippen molar-refractivity contribution in [2.24, 2.45) is 0 Å². The van der Waals surface area contributed by atoms with Gasteiger partial charge in [-0.1, -0.05) is 24.3 Å². The predicted molar refractivity (Wildman–Crippen MR) is 81.5 cm³/mol. The quantitative estimate of drug-likeness (QED) is 0.811. The Bertz CT molecular complexity index is 622. The lowest BCUT2D eigenvalue weighted by atomic mass is 10.1. The van der Waals surface area contributed by atoms with Crippen molar-refractivity contribution < 1.29 is 9.53 Å². The lowest BCUT2D eigenvalue weighted by Crippen LogP contribution is -2.17. The van der Waals surface area contributed by atoms with Gasteiger partial charge in [0.15, 0.2) is 10.8 Å². The zero-order valence-corrected chi connectivity index (χ0v) is 13.0. The standard InChI is InChI=1S/C15H18N2O2S/c1-10-7-5-6-8-12(10)9-17(3)15-16-13(11(2)20-15)14(18)19-4/h5-8H,9H2,1-4H3. The number of carbonyl (C=O) groups is 1. The molecule has 1 heterocycles. The minimum Gasteiger partial charge on any atom is -0.464 e. The first kappa shape index (κ1) is 14.5. The molecule has 0 amide bonds. The maximum absolute atomic E-state index is 11.6. The normalized spacial score (nSPS) is 10.4. The molecular weight excluding hydrogens is 272 g/mol. The van der Waals surface area contributed by atoms with Gasteiger partial charge in [0.25, 0.3) is 0 Å². The Morgan fingerprint density at radius 1 is 1.35 bits per heavy atom. The number of rotatable bonds is 4. The van der Waals surface area contributed by atoms with Gasteiger partial charge in [-0.15, -0.1) is 11.3 Å². The Morgan fingerprint density at radius 2 is 2.05 bits per heavy atom. The van der Waals surface area contributed by atoms with Gasteiger partial charge < -0.3 is 9.64 Å². The Balaban J connectivity index is 2.20. The summed E-state index contributed by atoms with van der Waals surface area (Å²) in [5.74, 6) is -0.380. The van der Waals surface area contributed by atoms with Gasteiger partial charge in [0.2, 0.25) is 0 Å². The number of ether oxygens (including phenoxy) is 1. The van der Waals surface area contributed by atoms with Crippen LogP contribution in [0.25, 0.3) is 0 Å². The first-order valence-electron chi connectivity index (χ1n) is 6.34. The molecule has 0 aliphatic rings. The Hall–Kier alpha value is -1.88. The molecule has 5 heteroatoms. The highest BCUT2D eigenvalue weighted by Gasteiger charge is 2.18. The summed E-state index contributed by atoms with van der Waals surface area (Å²) in [6.07, 6.45) is 0. The molecule has 0 saturated carbocycles. The van der Waals surface area contributed by atoms with E-state index in [0.29, 0.717) is 5.69 Å². The molecule has 20 heavy (non-hydrogen) atoms. The van der Waals surface area contributed by atoms with E-state index in [0.717, 1.165) is 16.6 Å². The lowest BCUT2D eigenvalue weighted by Gasteiger charge is -2.17. The third-order valence-corrected chi connectivity index (χ3v) is 4.24. The van der Waals surface area contributed by atoms with E-state index in [4.69, 9.17) is 4.74 Å². The second-order valence-corrected chi connectivity index (χ2v) is 5.86. The summed E-state index contributed by atoms with van der Waals surface area (Å²) in [6, 6.07) is 8.26. The van der Waals surface area contributed by atoms with Gasteiger partial charge in [-0.25, -0.2) is 9.78 Å². The van der Waals surface area contributed by atoms with Crippen molar-refractivity contribution in [3.8, 4) is 0 Å². The maximum atomic E-state index is 11.6. The van der Waals surface area contributed by atoms with Crippen molar-refractivity contribution in [3.63, 3.8) is 0 Å². The van der Waals surface area contributed by atoms with Gasteiger partial charge in [0, 0.05) is 18.5 Å². The number of nitrogens with zero attached hydrogens (tertiary/aromatic N) is 2. The van der Waals surface area contributed by atoms with E-state index in [1.54, 1.807) is 0 Å². The van der Waals surface area contributed by atoms with Gasteiger partial charge in [0.1, 0.15) is 0 Å². The lowest BCUT2D eigenvalue weighted by molar-refractivity contribution is 0.0594. The van der Waals surface area contributed by atoms with E-state index < -0.39 is 0 Å². The van der Waals surface area contributed by atoms with E-state index in [1.807, 2.05) is 31.0 Å². The van der Waals surface area contributed by atoms with Crippen LogP contribution in [0.15, 0.2) is 24.3 Å². The average molecular weight is 290 g/mol. The molecule has 0 spiro atoms. The minimum atomic E-state index is -0.380. The number of hydrogen-bond donors (Lipinski definition) is 0. The van der Waals surface area contributed by atoms with Crippen molar-refractivity contribution >= 4 is 22.4 Å². The molecule has 2 rings (SSSR count). The molecule has 0 radical (unpaired) electrons. The molecule has 0 N–H and O–H groups in total. The van der Waals surface area contributed by atoms with Crippen molar-refractivity contribution in [2.75, 3.05) is 19.1 Å². The number of carbonyl (C=O) groups excluding carboxylic acids is 1. The van der Waals surface area contributed by atoms with Crippen LogP contribution in [-0.2, 0) is 11.3 Å². The third-order valence-electron chi connectivity index (χ3n) is 3.16. The fraction of sp³-hybridized carbons (Fsp3) is 0.333. The first-order chi connectivity index (χ1) is 9.52. The highest BCUT2D eigenvalue weighted by atomic mass is 32.1. The second-order valence-electron chi connectivity index (χ2n) is 4.68. The van der Waals surface area contributed by atoms with Crippen LogP contribution in [-0.4, -0.2) is 25.1 Å². The fourth-order valence-corrected chi connectivity index (χ4v) is 2.80. The predicted octanol–water partition coefficient (Wildman–Crippen LogP) is 3.18. The Kier molecular flexibility index (Phi) is 4.39. The van der Waals surface area contributed by atoms with Gasteiger partial charge >= 0.3 is 5.97 Å². The first-order valence-corrected chi connectivity index (χ1v) is 7.16. The third kappa shape index (κ3) is 2.99. The molecule has 0 saturated heterocycles. The molecule has 106 valence electrons. The van der Waals surface area contributed by atoms with E-state index in [-0.39, 0.29) is 5.97 Å². The van der Waals surface area contributed by atoms with Crippen LogP contribution < -0.4 is 4.90 Å². The maximum Gasteiger partial charge on any atom is 0.357 e. The smallest absolute Gasteiger partial charge is 0.357 e. The van der Waals surface area contributed by atoms with Crippen LogP contribution in [0.4, 0.5) is 5.13 Å². The zero-order valence-electron chi connectivity index (χ0n) is 12.1. The average Bonchev–Trinajstić information content (AvgIpc) is 2.82. The van der Waals surface area contributed by atoms with Crippen molar-refractivity contribution in [1.29, 1.82) is 0 Å². The highest BCUT2D eigenvalue weighted by molar-refractivity contribution is 7.15. The van der Waals surface area contributed by atoms with Crippen LogP contribution >= 0.6 is 11.3 Å². The molecule has 1 aromatic heterocycles. The van der Waals surface area contributed by atoms with Crippen LogP contribution in [0.5, 0.6) is 0 Å². The Morgan fingerprint density at radius 3 is 2.70 bits per heavy atom. The Labute approximate surface area is 123 Å². The summed E-state index contributed by atoms with van der Waals surface area (Å²) >= 11 is 1.51. The molecule has 0 fully saturated rings. The van der Waals surface area contributed by atoms with Crippen LogP contribution in [0.3, 0.4) is 0 Å². The number of anilines is 1. The topological polar surface area (TPSA) is 42.4 Å². The number of hydrogen-bond acceptors (Lipinski definition) is 5. The van der Waals surface area contributed by atoms with Crippen molar-refractivity contribution in [1.82, 2.24) is 4.98 Å². The molecule has 0 aliphatic heterocycles. The van der Waals surface area contributed by atoms with Gasteiger partial charge in [-0.2, -0.15) is 0 Å². The summed E-state index contributed by atoms with van der Waals surface area (Å²) < 4.78 is 4.73. The SMILES string of the molecule is COC(=O)c1nc(N(C)Cc2ccccc2C)sc1C. The summed E-state index contributed by atoms with van der Waals surface area (Å²) in [5, 5.41) is 0.825. The molecule has 2 aromatic rings. The summed E-state index contributed by atoms with van der Waals surface area (Å²) in [4.78, 5) is 18.9. The zero-order chi connectivity index (χ0) is 14.7. The number of aryl methyl sites for hydroxylation is 2. The van der Waals surface area contributed by atoms with Crippen LogP contribution in [0, 0.1) is 13.8 Å². The summed E-state index contributed by atoms with van der Waals surface area (Å²) in [6.45, 7) is 4.74. The molecular formula is C15H18N2O2S. The number of methoxy groups -OCH3 is 1. The molecule has 0 aliphatic carbocycles. The highest BCUT2D eigenvalue weighted by Crippen LogP contribution is 2.26. The number of esters is 1. The van der Waals surface area contributed by atoms with Crippen molar-refractivity contribution in [2.45, 2.75) is 20.4 Å². The molecule has 1 aromatic carbocycles. The number of thiazole rings is 1. The fourth-order valence-electron chi connectivity index (χ4n) is 1.94. The molecule has 0 bridgehead atoms. The summed E-state index contributed by atoms with van der Waals surface area (Å²) in [7, 11) is 3.35. The van der Waals surface area contributed by atoms with Gasteiger partial charge in [-0.3, -0.25) is 0 Å².